The summed E-state index contributed by atoms with van der Waals surface area (Å²) in [5.74, 6) is -1.17. The summed E-state index contributed by atoms with van der Waals surface area (Å²) in [6, 6.07) is 5.32. The summed E-state index contributed by atoms with van der Waals surface area (Å²) in [6.45, 7) is 3.77. The van der Waals surface area contributed by atoms with Crippen LogP contribution in [-0.4, -0.2) is 23.7 Å². The van der Waals surface area contributed by atoms with Crippen molar-refractivity contribution in [1.29, 1.82) is 0 Å². The van der Waals surface area contributed by atoms with Crippen LogP contribution in [0.2, 0.25) is 0 Å². The van der Waals surface area contributed by atoms with E-state index < -0.39 is 17.6 Å². The first-order chi connectivity index (χ1) is 9.86. The molecule has 21 heavy (non-hydrogen) atoms. The smallest absolute Gasteiger partial charge is 0.261 e. The van der Waals surface area contributed by atoms with E-state index in [0.717, 1.165) is 4.47 Å². The lowest BCUT2D eigenvalue weighted by molar-refractivity contribution is -0.134. The van der Waals surface area contributed by atoms with Gasteiger partial charge in [-0.05, 0) is 38.1 Å². The summed E-state index contributed by atoms with van der Waals surface area (Å²) in [4.78, 5) is 34.7. The van der Waals surface area contributed by atoms with Gasteiger partial charge >= 0.3 is 0 Å². The lowest BCUT2D eigenvalue weighted by atomic mass is 10.0. The number of carbonyl (C=O) groups is 3. The summed E-state index contributed by atoms with van der Waals surface area (Å²) in [6.07, 6.45) is 1.10. The number of nitrogens with one attached hydrogen (secondary N) is 1. The highest BCUT2D eigenvalue weighted by molar-refractivity contribution is 9.10. The van der Waals surface area contributed by atoms with E-state index in [-0.39, 0.29) is 18.1 Å². The molecule has 1 aromatic carbocycles. The lowest BCUT2D eigenvalue weighted by Crippen LogP contribution is -2.40. The van der Waals surface area contributed by atoms with Crippen molar-refractivity contribution in [1.82, 2.24) is 5.32 Å². The van der Waals surface area contributed by atoms with Gasteiger partial charge in [-0.1, -0.05) is 15.9 Å². The maximum atomic E-state index is 11.8. The van der Waals surface area contributed by atoms with Crippen LogP contribution in [0.3, 0.4) is 0 Å². The van der Waals surface area contributed by atoms with Crippen molar-refractivity contribution in [3.8, 4) is 5.75 Å². The molecule has 0 saturated carbocycles. The molecular weight excluding hydrogens is 338 g/mol. The van der Waals surface area contributed by atoms with Gasteiger partial charge in [0.15, 0.2) is 5.78 Å². The maximum Gasteiger partial charge on any atom is 0.261 e. The largest absolute Gasteiger partial charge is 0.490 e. The first-order valence-electron chi connectivity index (χ1n) is 6.42. The van der Waals surface area contributed by atoms with Gasteiger partial charge in [-0.3, -0.25) is 19.7 Å². The fourth-order valence-corrected chi connectivity index (χ4v) is 2.28. The quantitative estimate of drug-likeness (QED) is 0.392. The Morgan fingerprint density at radius 3 is 2.62 bits per heavy atom. The predicted octanol–water partition coefficient (Wildman–Crippen LogP) is 2.24. The number of hydrogen-bond acceptors (Lipinski definition) is 4. The molecule has 0 unspecified atom stereocenters. The maximum absolute atomic E-state index is 11.8. The zero-order valence-corrected chi connectivity index (χ0v) is 13.2. The number of ketones is 1. The SMILES string of the molecule is CC(C)Oc1ccc(Br)cc1/C=C1/C(=O)CC(=O)NC1=O. The Bertz CT molecular complexity index is 627. The van der Waals surface area contributed by atoms with E-state index in [2.05, 4.69) is 21.2 Å². The third kappa shape index (κ3) is 3.78. The molecule has 1 aliphatic rings. The molecule has 1 saturated heterocycles. The molecule has 0 radical (unpaired) electrons. The van der Waals surface area contributed by atoms with Crippen molar-refractivity contribution in [2.24, 2.45) is 0 Å². The molecule has 1 heterocycles. The van der Waals surface area contributed by atoms with Crippen molar-refractivity contribution in [2.45, 2.75) is 26.4 Å². The second kappa shape index (κ2) is 6.22. The van der Waals surface area contributed by atoms with E-state index in [1.807, 2.05) is 19.9 Å². The Hall–Kier alpha value is -1.95. The molecule has 0 aromatic heterocycles. The molecule has 0 atom stereocenters. The van der Waals surface area contributed by atoms with E-state index in [9.17, 15) is 14.4 Å². The molecule has 6 heteroatoms. The summed E-state index contributed by atoms with van der Waals surface area (Å²) >= 11 is 3.34. The van der Waals surface area contributed by atoms with Gasteiger partial charge in [-0.25, -0.2) is 0 Å². The Morgan fingerprint density at radius 2 is 2.00 bits per heavy atom. The summed E-state index contributed by atoms with van der Waals surface area (Å²) in [7, 11) is 0. The van der Waals surface area contributed by atoms with E-state index in [4.69, 9.17) is 4.74 Å². The number of halogens is 1. The Morgan fingerprint density at radius 1 is 1.29 bits per heavy atom. The lowest BCUT2D eigenvalue weighted by Gasteiger charge is -2.15. The molecule has 1 N–H and O–H groups in total. The topological polar surface area (TPSA) is 72.5 Å². The highest BCUT2D eigenvalue weighted by Crippen LogP contribution is 2.27. The van der Waals surface area contributed by atoms with Gasteiger partial charge in [-0.2, -0.15) is 0 Å². The number of ether oxygens (including phenoxy) is 1. The number of rotatable bonds is 3. The first kappa shape index (κ1) is 15.4. The van der Waals surface area contributed by atoms with Crippen molar-refractivity contribution in [3.63, 3.8) is 0 Å². The van der Waals surface area contributed by atoms with Gasteiger partial charge in [0.2, 0.25) is 5.91 Å². The van der Waals surface area contributed by atoms with Crippen LogP contribution in [-0.2, 0) is 14.4 Å². The first-order valence-corrected chi connectivity index (χ1v) is 7.21. The van der Waals surface area contributed by atoms with Gasteiger partial charge in [0.1, 0.15) is 5.75 Å². The highest BCUT2D eigenvalue weighted by Gasteiger charge is 2.28. The number of imide groups is 1. The van der Waals surface area contributed by atoms with Crippen LogP contribution >= 0.6 is 15.9 Å². The average Bonchev–Trinajstić information content (AvgIpc) is 2.36. The monoisotopic (exact) mass is 351 g/mol. The summed E-state index contributed by atoms with van der Waals surface area (Å²) < 4.78 is 6.45. The molecule has 0 aliphatic carbocycles. The number of hydrogen-bond donors (Lipinski definition) is 1. The molecule has 5 nitrogen and oxygen atoms in total. The van der Waals surface area contributed by atoms with Crippen LogP contribution in [0.15, 0.2) is 28.2 Å². The Balaban J connectivity index is 2.43. The third-order valence-corrected chi connectivity index (χ3v) is 3.25. The Labute approximate surface area is 130 Å². The minimum absolute atomic E-state index is 0.0405. The van der Waals surface area contributed by atoms with E-state index in [1.54, 1.807) is 12.1 Å². The van der Waals surface area contributed by atoms with Gasteiger partial charge in [-0.15, -0.1) is 0 Å². The molecule has 2 rings (SSSR count). The van der Waals surface area contributed by atoms with Crippen LogP contribution in [0.5, 0.6) is 5.75 Å². The van der Waals surface area contributed by atoms with Gasteiger partial charge in [0, 0.05) is 10.0 Å². The van der Waals surface area contributed by atoms with Gasteiger partial charge in [0.05, 0.1) is 18.1 Å². The van der Waals surface area contributed by atoms with Gasteiger partial charge < -0.3 is 4.74 Å². The van der Waals surface area contributed by atoms with Crippen LogP contribution in [0.1, 0.15) is 25.8 Å². The number of piperidine rings is 1. The summed E-state index contributed by atoms with van der Waals surface area (Å²) in [5.41, 5.74) is 0.562. The van der Waals surface area contributed by atoms with E-state index >= 15 is 0 Å². The molecular formula is C15H14BrNO4. The minimum atomic E-state index is -0.674. The average molecular weight is 352 g/mol. The highest BCUT2D eigenvalue weighted by atomic mass is 79.9. The van der Waals surface area contributed by atoms with Gasteiger partial charge in [0.25, 0.3) is 5.91 Å². The molecule has 1 fully saturated rings. The minimum Gasteiger partial charge on any atom is -0.490 e. The van der Waals surface area contributed by atoms with Crippen LogP contribution in [0.4, 0.5) is 0 Å². The number of Topliss-reactive ketones (excluding diaryl/α,β-unsaturated/α-hetero) is 1. The molecule has 1 aliphatic heterocycles. The zero-order valence-electron chi connectivity index (χ0n) is 11.6. The fraction of sp³-hybridized carbons (Fsp3) is 0.267. The van der Waals surface area contributed by atoms with Crippen molar-refractivity contribution < 1.29 is 19.1 Å². The van der Waals surface area contributed by atoms with E-state index in [0.29, 0.717) is 11.3 Å². The molecule has 0 bridgehead atoms. The van der Waals surface area contributed by atoms with Crippen LogP contribution < -0.4 is 10.1 Å². The number of amides is 2. The second-order valence-electron chi connectivity index (χ2n) is 4.88. The predicted molar refractivity (Wildman–Crippen MR) is 80.7 cm³/mol. The normalized spacial score (nSPS) is 17.3. The standard InChI is InChI=1S/C15H14BrNO4/c1-8(2)21-13-4-3-10(16)5-9(13)6-11-12(18)7-14(19)17-15(11)20/h3-6,8H,7H2,1-2H3,(H,17,19,20)/b11-6-. The van der Waals surface area contributed by atoms with E-state index in [1.165, 1.54) is 6.08 Å². The molecule has 110 valence electrons. The number of benzene rings is 1. The van der Waals surface area contributed by atoms with Crippen LogP contribution in [0.25, 0.3) is 6.08 Å². The summed E-state index contributed by atoms with van der Waals surface area (Å²) in [5, 5.41) is 2.14. The van der Waals surface area contributed by atoms with Crippen molar-refractivity contribution in [2.75, 3.05) is 0 Å². The fourth-order valence-electron chi connectivity index (χ4n) is 1.90. The second-order valence-corrected chi connectivity index (χ2v) is 5.80. The van der Waals surface area contributed by atoms with Crippen LogP contribution in [0, 0.1) is 0 Å². The molecule has 1 aromatic rings. The van der Waals surface area contributed by atoms with Crippen molar-refractivity contribution >= 4 is 39.6 Å². The Kier molecular flexibility index (Phi) is 4.57. The zero-order chi connectivity index (χ0) is 15.6. The van der Waals surface area contributed by atoms with Crippen molar-refractivity contribution in [3.05, 3.63) is 33.8 Å². The molecule has 2 amide bonds. The number of carbonyl (C=O) groups excluding carboxylic acids is 3. The third-order valence-electron chi connectivity index (χ3n) is 2.75. The molecule has 0 spiro atoms.